The third-order valence-electron chi connectivity index (χ3n) is 2.61. The van der Waals surface area contributed by atoms with E-state index in [1.54, 1.807) is 0 Å². The number of fused-ring (bicyclic) bond motifs is 1. The summed E-state index contributed by atoms with van der Waals surface area (Å²) >= 11 is 3.34. The van der Waals surface area contributed by atoms with Crippen molar-refractivity contribution in [2.75, 3.05) is 0 Å². The lowest BCUT2D eigenvalue weighted by molar-refractivity contribution is 0.392. The molecule has 0 aliphatic heterocycles. The van der Waals surface area contributed by atoms with Crippen molar-refractivity contribution in [3.63, 3.8) is 0 Å². The van der Waals surface area contributed by atoms with Crippen LogP contribution in [0.3, 0.4) is 0 Å². The molecule has 70 valence electrons. The van der Waals surface area contributed by atoms with E-state index in [0.717, 1.165) is 17.3 Å². The number of phenolic OH excluding ortho intramolecular Hbond substituents is 1. The molecule has 2 rings (SSSR count). The molecule has 0 fully saturated rings. The summed E-state index contributed by atoms with van der Waals surface area (Å²) in [6.45, 7) is 4.52. The number of aromatic hydroxyl groups is 1. The van der Waals surface area contributed by atoms with Crippen LogP contribution in [0.25, 0.3) is 0 Å². The van der Waals surface area contributed by atoms with Gasteiger partial charge in [-0.3, -0.25) is 0 Å². The predicted molar refractivity (Wildman–Crippen MR) is 57.0 cm³/mol. The number of halogens is 1. The number of hydrogen-bond donors (Lipinski definition) is 1. The van der Waals surface area contributed by atoms with Gasteiger partial charge < -0.3 is 5.11 Å². The van der Waals surface area contributed by atoms with Gasteiger partial charge >= 0.3 is 0 Å². The van der Waals surface area contributed by atoms with Gasteiger partial charge in [0, 0.05) is 0 Å². The molecular weight excluding hydrogens is 228 g/mol. The zero-order valence-electron chi connectivity index (χ0n) is 7.89. The summed E-state index contributed by atoms with van der Waals surface area (Å²) in [5.74, 6) is 0.358. The van der Waals surface area contributed by atoms with E-state index in [2.05, 4.69) is 29.8 Å². The van der Waals surface area contributed by atoms with Crippen LogP contribution in [-0.2, 0) is 12.8 Å². The van der Waals surface area contributed by atoms with E-state index in [-0.39, 0.29) is 0 Å². The summed E-state index contributed by atoms with van der Waals surface area (Å²) in [5, 5.41) is 9.51. The van der Waals surface area contributed by atoms with Crippen LogP contribution in [0.15, 0.2) is 16.6 Å². The zero-order chi connectivity index (χ0) is 9.64. The number of benzene rings is 1. The molecule has 2 heteroatoms. The Balaban J connectivity index is 2.48. The van der Waals surface area contributed by atoms with Crippen LogP contribution in [0.5, 0.6) is 5.75 Å². The van der Waals surface area contributed by atoms with Gasteiger partial charge in [0.25, 0.3) is 0 Å². The monoisotopic (exact) mass is 240 g/mol. The van der Waals surface area contributed by atoms with E-state index < -0.39 is 0 Å². The van der Waals surface area contributed by atoms with Crippen LogP contribution >= 0.6 is 15.9 Å². The fraction of sp³-hybridized carbons (Fsp3) is 0.455. The van der Waals surface area contributed by atoms with Gasteiger partial charge in [-0.1, -0.05) is 13.8 Å². The summed E-state index contributed by atoms with van der Waals surface area (Å²) < 4.78 is 0.809. The fourth-order valence-corrected chi connectivity index (χ4v) is 2.46. The van der Waals surface area contributed by atoms with Crippen molar-refractivity contribution in [2.24, 2.45) is 5.41 Å². The molecule has 0 heterocycles. The molecule has 1 aromatic rings. The first-order valence-corrected chi connectivity index (χ1v) is 5.27. The molecule has 0 aromatic heterocycles. The molecule has 1 nitrogen and oxygen atoms in total. The second-order valence-electron chi connectivity index (χ2n) is 4.59. The van der Waals surface area contributed by atoms with Gasteiger partial charge in [0.2, 0.25) is 0 Å². The molecule has 0 spiro atoms. The Hall–Kier alpha value is -0.500. The summed E-state index contributed by atoms with van der Waals surface area (Å²) in [6, 6.07) is 3.92. The van der Waals surface area contributed by atoms with Crippen molar-refractivity contribution in [2.45, 2.75) is 26.7 Å². The Labute approximate surface area is 86.9 Å². The van der Waals surface area contributed by atoms with Gasteiger partial charge in [-0.2, -0.15) is 0 Å². The molecule has 0 unspecified atom stereocenters. The molecule has 0 bridgehead atoms. The van der Waals surface area contributed by atoms with Gasteiger partial charge in [0.1, 0.15) is 5.75 Å². The van der Waals surface area contributed by atoms with Crippen LogP contribution in [0.1, 0.15) is 25.0 Å². The first kappa shape index (κ1) is 9.07. The van der Waals surface area contributed by atoms with Gasteiger partial charge in [-0.25, -0.2) is 0 Å². The van der Waals surface area contributed by atoms with E-state index in [1.165, 1.54) is 11.1 Å². The zero-order valence-corrected chi connectivity index (χ0v) is 9.48. The highest BCUT2D eigenvalue weighted by atomic mass is 79.9. The largest absolute Gasteiger partial charge is 0.507 e. The molecule has 1 N–H and O–H groups in total. The minimum absolute atomic E-state index is 0.357. The topological polar surface area (TPSA) is 20.2 Å². The van der Waals surface area contributed by atoms with E-state index in [1.807, 2.05) is 12.1 Å². The van der Waals surface area contributed by atoms with Gasteiger partial charge in [-0.05, 0) is 57.4 Å². The lowest BCUT2D eigenvalue weighted by Crippen LogP contribution is -2.09. The number of hydrogen-bond acceptors (Lipinski definition) is 1. The molecule has 1 aromatic carbocycles. The first-order valence-electron chi connectivity index (χ1n) is 4.48. The molecule has 1 aliphatic rings. The third kappa shape index (κ3) is 1.60. The molecule has 0 saturated heterocycles. The normalized spacial score (nSPS) is 18.7. The van der Waals surface area contributed by atoms with Crippen molar-refractivity contribution < 1.29 is 5.11 Å². The van der Waals surface area contributed by atoms with E-state index in [4.69, 9.17) is 0 Å². The fourth-order valence-electron chi connectivity index (χ4n) is 2.07. The quantitative estimate of drug-likeness (QED) is 0.739. The predicted octanol–water partition coefficient (Wildman–Crippen LogP) is 3.28. The highest BCUT2D eigenvalue weighted by Gasteiger charge is 2.28. The maximum atomic E-state index is 9.51. The molecule has 0 atom stereocenters. The average molecular weight is 241 g/mol. The summed E-state index contributed by atoms with van der Waals surface area (Å²) in [6.07, 6.45) is 2.18. The van der Waals surface area contributed by atoms with Crippen molar-refractivity contribution in [1.82, 2.24) is 0 Å². The van der Waals surface area contributed by atoms with Crippen molar-refractivity contribution >= 4 is 15.9 Å². The molecule has 13 heavy (non-hydrogen) atoms. The summed E-state index contributed by atoms with van der Waals surface area (Å²) in [4.78, 5) is 0. The lowest BCUT2D eigenvalue weighted by Gasteiger charge is -2.14. The Morgan fingerprint density at radius 3 is 2.38 bits per heavy atom. The summed E-state index contributed by atoms with van der Waals surface area (Å²) in [5.41, 5.74) is 3.02. The average Bonchev–Trinajstić information content (AvgIpc) is 2.24. The van der Waals surface area contributed by atoms with Crippen LogP contribution < -0.4 is 0 Å². The highest BCUT2D eigenvalue weighted by molar-refractivity contribution is 9.10. The summed E-state index contributed by atoms with van der Waals surface area (Å²) in [7, 11) is 0. The Morgan fingerprint density at radius 1 is 1.23 bits per heavy atom. The highest BCUT2D eigenvalue weighted by Crippen LogP contribution is 2.40. The Kier molecular flexibility index (Phi) is 1.91. The Morgan fingerprint density at radius 2 is 1.77 bits per heavy atom. The number of rotatable bonds is 0. The van der Waals surface area contributed by atoms with Gasteiger partial charge in [-0.15, -0.1) is 0 Å². The molecule has 1 aliphatic carbocycles. The maximum absolute atomic E-state index is 9.51. The minimum atomic E-state index is 0.357. The standard InChI is InChI=1S/C11H13BrO/c1-11(2)5-7-3-9(12)10(13)4-8(7)6-11/h3-4,13H,5-6H2,1-2H3. The van der Waals surface area contributed by atoms with E-state index in [9.17, 15) is 5.11 Å². The van der Waals surface area contributed by atoms with Crippen LogP contribution in [-0.4, -0.2) is 5.11 Å². The molecule has 0 saturated carbocycles. The lowest BCUT2D eigenvalue weighted by atomic mass is 9.90. The van der Waals surface area contributed by atoms with Crippen LogP contribution in [0, 0.1) is 5.41 Å². The van der Waals surface area contributed by atoms with Crippen LogP contribution in [0.2, 0.25) is 0 Å². The van der Waals surface area contributed by atoms with Gasteiger partial charge in [0.05, 0.1) is 4.47 Å². The van der Waals surface area contributed by atoms with Gasteiger partial charge in [0.15, 0.2) is 0 Å². The first-order chi connectivity index (χ1) is 5.98. The smallest absolute Gasteiger partial charge is 0.130 e. The Bertz CT molecular complexity index is 322. The number of phenols is 1. The minimum Gasteiger partial charge on any atom is -0.507 e. The maximum Gasteiger partial charge on any atom is 0.130 e. The second-order valence-corrected chi connectivity index (χ2v) is 5.44. The van der Waals surface area contributed by atoms with Crippen molar-refractivity contribution in [3.8, 4) is 5.75 Å². The third-order valence-corrected chi connectivity index (χ3v) is 3.24. The SMILES string of the molecule is CC1(C)Cc2cc(O)c(Br)cc2C1. The van der Waals surface area contributed by atoms with Crippen LogP contribution in [0.4, 0.5) is 0 Å². The second kappa shape index (κ2) is 2.74. The molecule has 0 amide bonds. The van der Waals surface area contributed by atoms with Crippen molar-refractivity contribution in [1.29, 1.82) is 0 Å². The van der Waals surface area contributed by atoms with Crippen molar-refractivity contribution in [3.05, 3.63) is 27.7 Å². The molecule has 0 radical (unpaired) electrons. The van der Waals surface area contributed by atoms with E-state index in [0.29, 0.717) is 11.2 Å². The van der Waals surface area contributed by atoms with E-state index >= 15 is 0 Å². The molecular formula is C11H13BrO.